The number of nitrogens with one attached hydrogen (secondary N) is 1. The van der Waals surface area contributed by atoms with Crippen molar-refractivity contribution in [2.45, 2.75) is 44.8 Å². The van der Waals surface area contributed by atoms with Crippen LogP contribution in [0, 0.1) is 5.92 Å². The summed E-state index contributed by atoms with van der Waals surface area (Å²) in [6.45, 7) is 3.29. The van der Waals surface area contributed by atoms with E-state index in [1.165, 1.54) is 12.8 Å². The van der Waals surface area contributed by atoms with E-state index in [1.54, 1.807) is 0 Å². The second-order valence-electron chi connectivity index (χ2n) is 5.13. The second kappa shape index (κ2) is 7.22. The average Bonchev–Trinajstić information content (AvgIpc) is 2.25. The Morgan fingerprint density at radius 1 is 1.31 bits per heavy atom. The molecular weight excluding hydrogens is 204 g/mol. The number of hydrogen-bond donors (Lipinski definition) is 2. The predicted molar refractivity (Wildman–Crippen MR) is 65.1 cm³/mol. The predicted octanol–water partition coefficient (Wildman–Crippen LogP) is 1.01. The maximum atomic E-state index is 9.67. The zero-order valence-corrected chi connectivity index (χ0v) is 10.8. The smallest absolute Gasteiger partial charge is 0.0911 e. The van der Waals surface area contributed by atoms with Gasteiger partial charge in [0.2, 0.25) is 0 Å². The summed E-state index contributed by atoms with van der Waals surface area (Å²) in [6, 6.07) is 0. The van der Waals surface area contributed by atoms with E-state index >= 15 is 0 Å². The van der Waals surface area contributed by atoms with E-state index < -0.39 is 6.10 Å². The van der Waals surface area contributed by atoms with Crippen LogP contribution in [0.25, 0.3) is 0 Å². The first-order valence-electron chi connectivity index (χ1n) is 6.28. The minimum absolute atomic E-state index is 0.366. The van der Waals surface area contributed by atoms with Gasteiger partial charge in [0.15, 0.2) is 0 Å². The van der Waals surface area contributed by atoms with Crippen molar-refractivity contribution < 1.29 is 9.84 Å². The maximum absolute atomic E-state index is 9.67. The SMILES string of the molecule is CC1CCC(OCC(O)CNN(C)C)CC1. The van der Waals surface area contributed by atoms with Crippen molar-refractivity contribution in [3.63, 3.8) is 0 Å². The third kappa shape index (κ3) is 5.80. The lowest BCUT2D eigenvalue weighted by molar-refractivity contribution is -0.0313. The van der Waals surface area contributed by atoms with Gasteiger partial charge in [0.25, 0.3) is 0 Å². The molecule has 4 nitrogen and oxygen atoms in total. The molecule has 0 aliphatic heterocycles. The fraction of sp³-hybridized carbons (Fsp3) is 1.00. The van der Waals surface area contributed by atoms with E-state index in [9.17, 15) is 5.11 Å². The van der Waals surface area contributed by atoms with Crippen LogP contribution in [-0.4, -0.2) is 49.6 Å². The molecule has 2 N–H and O–H groups in total. The van der Waals surface area contributed by atoms with E-state index in [0.29, 0.717) is 19.3 Å². The van der Waals surface area contributed by atoms with E-state index in [4.69, 9.17) is 4.74 Å². The molecule has 0 bridgehead atoms. The van der Waals surface area contributed by atoms with Crippen molar-refractivity contribution in [1.82, 2.24) is 10.4 Å². The van der Waals surface area contributed by atoms with Crippen LogP contribution in [0.4, 0.5) is 0 Å². The molecule has 0 aromatic heterocycles. The highest BCUT2D eigenvalue weighted by Gasteiger charge is 2.19. The van der Waals surface area contributed by atoms with Crippen LogP contribution in [0.3, 0.4) is 0 Å². The highest BCUT2D eigenvalue weighted by atomic mass is 16.5. The van der Waals surface area contributed by atoms with Gasteiger partial charge in [-0.3, -0.25) is 10.4 Å². The average molecular weight is 230 g/mol. The summed E-state index contributed by atoms with van der Waals surface area (Å²) in [6.07, 6.45) is 4.77. The number of hydrogen-bond acceptors (Lipinski definition) is 4. The molecule has 1 atom stereocenters. The highest BCUT2D eigenvalue weighted by Crippen LogP contribution is 2.25. The summed E-state index contributed by atoms with van der Waals surface area (Å²) in [4.78, 5) is 0. The normalized spacial score (nSPS) is 28.3. The zero-order valence-electron chi connectivity index (χ0n) is 10.8. The minimum Gasteiger partial charge on any atom is -0.389 e. The molecule has 1 unspecified atom stereocenters. The first-order valence-corrected chi connectivity index (χ1v) is 6.28. The Balaban J connectivity index is 2.05. The van der Waals surface area contributed by atoms with Gasteiger partial charge in [0.1, 0.15) is 0 Å². The minimum atomic E-state index is -0.415. The Hall–Kier alpha value is -0.160. The molecule has 0 radical (unpaired) electrons. The Kier molecular flexibility index (Phi) is 6.28. The van der Waals surface area contributed by atoms with Crippen LogP contribution >= 0.6 is 0 Å². The van der Waals surface area contributed by atoms with E-state index in [1.807, 2.05) is 19.1 Å². The number of ether oxygens (including phenoxy) is 1. The molecule has 1 aliphatic carbocycles. The van der Waals surface area contributed by atoms with E-state index in [2.05, 4.69) is 12.3 Å². The number of hydrazine groups is 1. The molecule has 0 saturated heterocycles. The van der Waals surface area contributed by atoms with Crippen molar-refractivity contribution in [2.24, 2.45) is 5.92 Å². The molecule has 1 rings (SSSR count). The number of rotatable bonds is 6. The van der Waals surface area contributed by atoms with Gasteiger partial charge in [-0.25, -0.2) is 0 Å². The lowest BCUT2D eigenvalue weighted by atomic mass is 9.89. The molecule has 16 heavy (non-hydrogen) atoms. The number of aliphatic hydroxyl groups excluding tert-OH is 1. The molecule has 1 fully saturated rings. The van der Waals surface area contributed by atoms with E-state index in [-0.39, 0.29) is 0 Å². The Morgan fingerprint density at radius 2 is 1.94 bits per heavy atom. The monoisotopic (exact) mass is 230 g/mol. The van der Waals surface area contributed by atoms with Crippen LogP contribution < -0.4 is 5.43 Å². The molecule has 0 spiro atoms. The summed E-state index contributed by atoms with van der Waals surface area (Å²) in [5.41, 5.74) is 3.04. The first kappa shape index (κ1) is 13.9. The van der Waals surface area contributed by atoms with Crippen molar-refractivity contribution in [3.8, 4) is 0 Å². The van der Waals surface area contributed by atoms with Crippen LogP contribution in [-0.2, 0) is 4.74 Å². The fourth-order valence-corrected chi connectivity index (χ4v) is 1.99. The van der Waals surface area contributed by atoms with Crippen LogP contribution in [0.5, 0.6) is 0 Å². The van der Waals surface area contributed by atoms with E-state index in [0.717, 1.165) is 18.8 Å². The molecule has 0 aromatic rings. The molecule has 0 aromatic carbocycles. The topological polar surface area (TPSA) is 44.7 Å². The fourth-order valence-electron chi connectivity index (χ4n) is 1.99. The number of aliphatic hydroxyl groups is 1. The van der Waals surface area contributed by atoms with Crippen molar-refractivity contribution in [1.29, 1.82) is 0 Å². The summed E-state index contributed by atoms with van der Waals surface area (Å²) in [5, 5.41) is 11.5. The van der Waals surface area contributed by atoms with Crippen LogP contribution in [0.15, 0.2) is 0 Å². The second-order valence-corrected chi connectivity index (χ2v) is 5.13. The Labute approximate surface area is 98.9 Å². The molecule has 1 aliphatic rings. The quantitative estimate of drug-likeness (QED) is 0.668. The summed E-state index contributed by atoms with van der Waals surface area (Å²) in [7, 11) is 3.83. The largest absolute Gasteiger partial charge is 0.389 e. The van der Waals surface area contributed by atoms with Gasteiger partial charge >= 0.3 is 0 Å². The molecule has 1 saturated carbocycles. The standard InChI is InChI=1S/C12H26N2O2/c1-10-4-6-12(7-5-10)16-9-11(15)8-13-14(2)3/h10-13,15H,4-9H2,1-3H3. The summed E-state index contributed by atoms with van der Waals surface area (Å²) in [5.74, 6) is 0.847. The van der Waals surface area contributed by atoms with Crippen LogP contribution in [0.1, 0.15) is 32.6 Å². The van der Waals surface area contributed by atoms with Crippen molar-refractivity contribution in [3.05, 3.63) is 0 Å². The Bertz CT molecular complexity index is 180. The molecular formula is C12H26N2O2. The molecule has 0 heterocycles. The third-order valence-electron chi connectivity index (χ3n) is 3.13. The molecule has 4 heteroatoms. The van der Waals surface area contributed by atoms with Crippen LogP contribution in [0.2, 0.25) is 0 Å². The maximum Gasteiger partial charge on any atom is 0.0911 e. The summed E-state index contributed by atoms with van der Waals surface area (Å²) >= 11 is 0. The van der Waals surface area contributed by atoms with Gasteiger partial charge in [-0.2, -0.15) is 0 Å². The van der Waals surface area contributed by atoms with Gasteiger partial charge < -0.3 is 9.84 Å². The zero-order chi connectivity index (χ0) is 12.0. The summed E-state index contributed by atoms with van der Waals surface area (Å²) < 4.78 is 5.72. The van der Waals surface area contributed by atoms with Gasteiger partial charge in [0, 0.05) is 20.6 Å². The lowest BCUT2D eigenvalue weighted by Gasteiger charge is -2.27. The number of nitrogens with zero attached hydrogens (tertiary/aromatic N) is 1. The first-order chi connectivity index (χ1) is 7.58. The van der Waals surface area contributed by atoms with Crippen molar-refractivity contribution in [2.75, 3.05) is 27.2 Å². The van der Waals surface area contributed by atoms with Gasteiger partial charge in [0.05, 0.1) is 18.8 Å². The van der Waals surface area contributed by atoms with Crippen molar-refractivity contribution >= 4 is 0 Å². The molecule has 96 valence electrons. The molecule has 0 amide bonds. The lowest BCUT2D eigenvalue weighted by Crippen LogP contribution is -2.39. The van der Waals surface area contributed by atoms with Gasteiger partial charge in [-0.15, -0.1) is 0 Å². The Morgan fingerprint density at radius 3 is 2.50 bits per heavy atom. The third-order valence-corrected chi connectivity index (χ3v) is 3.13. The highest BCUT2D eigenvalue weighted by molar-refractivity contribution is 4.70. The van der Waals surface area contributed by atoms with Gasteiger partial charge in [-0.1, -0.05) is 6.92 Å². The van der Waals surface area contributed by atoms with Gasteiger partial charge in [-0.05, 0) is 31.6 Å².